The van der Waals surface area contributed by atoms with Crippen molar-refractivity contribution < 1.29 is 28.2 Å². The molecule has 6 aromatic rings. The maximum Gasteiger partial charge on any atom is 0.329 e. The molecule has 6 fully saturated rings. The molecule has 2 bridgehead atoms. The Bertz CT molecular complexity index is 3230. The van der Waals surface area contributed by atoms with Gasteiger partial charge in [-0.05, 0) is 92.6 Å². The van der Waals surface area contributed by atoms with Gasteiger partial charge in [-0.3, -0.25) is 29.0 Å². The summed E-state index contributed by atoms with van der Waals surface area (Å²) in [6.07, 6.45) is 14.1. The van der Waals surface area contributed by atoms with E-state index >= 15 is 8.78 Å². The van der Waals surface area contributed by atoms with E-state index in [0.29, 0.717) is 66.2 Å². The van der Waals surface area contributed by atoms with Crippen molar-refractivity contribution in [3.63, 3.8) is 0 Å². The Kier molecular flexibility index (Phi) is 11.4. The van der Waals surface area contributed by atoms with Crippen molar-refractivity contribution in [2.45, 2.75) is 69.5 Å². The van der Waals surface area contributed by atoms with Gasteiger partial charge in [-0.25, -0.2) is 13.6 Å². The number of piperazine rings is 2. The minimum Gasteiger partial charge on any atom is -0.508 e. The SMILES string of the molecule is C#Cc1c(F)ccc2cc(O)cc(-c3ncc4c(N5CC6CCC(C5)N6)nc(OCC5(CN6CCN(CC7CCN(c8ccc9c(c8)n(C)c(=O)n9[C@H]8CCC(=O)NC8=O)CC7)CC6)CC5)nc4c3F)c12. The zero-order valence-electron chi connectivity index (χ0n) is 39.8. The molecule has 18 heteroatoms. The molecule has 3 atom stereocenters. The first kappa shape index (κ1) is 45.5. The number of phenolic OH excluding ortho intramolecular Hbond substituents is 1. The van der Waals surface area contributed by atoms with E-state index in [1.807, 2.05) is 18.2 Å². The molecule has 8 heterocycles. The predicted octanol–water partition coefficient (Wildman–Crippen LogP) is 5.08. The third-order valence-corrected chi connectivity index (χ3v) is 16.2. The number of amides is 2. The molecule has 5 saturated heterocycles. The van der Waals surface area contributed by atoms with Gasteiger partial charge >= 0.3 is 11.7 Å². The Morgan fingerprint density at radius 2 is 1.65 bits per heavy atom. The molecule has 2 unspecified atom stereocenters. The minimum absolute atomic E-state index is 0.0384. The van der Waals surface area contributed by atoms with E-state index in [-0.39, 0.29) is 62.9 Å². The average Bonchev–Trinajstić information content (AvgIpc) is 3.99. The molecule has 12 rings (SSSR count). The van der Waals surface area contributed by atoms with Crippen molar-refractivity contribution in [3.05, 3.63) is 76.3 Å². The Labute approximate surface area is 409 Å². The quantitative estimate of drug-likeness (QED) is 0.117. The largest absolute Gasteiger partial charge is 0.508 e. The number of halogens is 2. The lowest BCUT2D eigenvalue weighted by Gasteiger charge is -2.40. The van der Waals surface area contributed by atoms with Gasteiger partial charge in [0.05, 0.1) is 28.6 Å². The summed E-state index contributed by atoms with van der Waals surface area (Å²) in [5.41, 5.74) is 2.28. The number of carbonyl (C=O) groups excluding carboxylic acids is 2. The van der Waals surface area contributed by atoms with Crippen LogP contribution in [0.15, 0.2) is 53.5 Å². The fraction of sp³-hybridized carbons (Fsp3) is 0.472. The van der Waals surface area contributed by atoms with E-state index in [1.165, 1.54) is 28.8 Å². The van der Waals surface area contributed by atoms with E-state index < -0.39 is 23.6 Å². The fourth-order valence-corrected chi connectivity index (χ4v) is 12.1. The van der Waals surface area contributed by atoms with E-state index in [2.05, 4.69) is 41.1 Å². The highest BCUT2D eigenvalue weighted by Crippen LogP contribution is 2.47. The number of fused-ring (bicyclic) bond motifs is 5. The molecule has 368 valence electrons. The van der Waals surface area contributed by atoms with Crippen molar-refractivity contribution in [2.24, 2.45) is 18.4 Å². The second-order valence-electron chi connectivity index (χ2n) is 20.9. The summed E-state index contributed by atoms with van der Waals surface area (Å²) >= 11 is 0. The van der Waals surface area contributed by atoms with Crippen LogP contribution in [0.4, 0.5) is 20.3 Å². The highest BCUT2D eigenvalue weighted by molar-refractivity contribution is 6.03. The Morgan fingerprint density at radius 3 is 2.38 bits per heavy atom. The number of piperidine rings is 2. The molecule has 0 spiro atoms. The molecule has 0 radical (unpaired) electrons. The summed E-state index contributed by atoms with van der Waals surface area (Å²) < 4.78 is 41.8. The number of phenols is 1. The number of aromatic nitrogens is 5. The standard InChI is InChI=1S/C53H57F2N11O5/c1-3-37-40(54)8-4-32-22-36(67)24-38(45(32)37)47-46(55)48-39(25-56-47)49(65-27-33-5-6-34(28-65)57-33)60-51(59-48)71-30-53(14-15-53)29-63-20-18-62(19-21-63)26-31-12-16-64(17-13-31)35-7-9-41-43(23-35)61(2)52(70)66(41)42-10-11-44(68)58-50(42)69/h1,4,7-9,22-25,31,33-34,42,57,67H,5-6,10-21,26-30H2,2H3,(H,58,68,69)/t33?,34?,42-/m0/s1. The van der Waals surface area contributed by atoms with E-state index in [0.717, 1.165) is 102 Å². The number of hydrogen-bond donors (Lipinski definition) is 3. The van der Waals surface area contributed by atoms with Gasteiger partial charge in [0.2, 0.25) is 11.8 Å². The maximum absolute atomic E-state index is 17.1. The zero-order chi connectivity index (χ0) is 48.7. The van der Waals surface area contributed by atoms with Gasteiger partial charge in [0.1, 0.15) is 34.6 Å². The number of terminal acetylenes is 1. The van der Waals surface area contributed by atoms with E-state index in [4.69, 9.17) is 21.1 Å². The molecule has 5 aliphatic heterocycles. The lowest BCUT2D eigenvalue weighted by atomic mass is 9.95. The minimum atomic E-state index is -0.731. The van der Waals surface area contributed by atoms with Crippen LogP contribution in [0.1, 0.15) is 63.0 Å². The molecule has 3 N–H and O–H groups in total. The maximum atomic E-state index is 17.1. The second kappa shape index (κ2) is 17.9. The molecule has 1 aliphatic carbocycles. The Balaban J connectivity index is 0.694. The van der Waals surface area contributed by atoms with Crippen molar-refractivity contribution >= 4 is 56.0 Å². The van der Waals surface area contributed by atoms with Gasteiger partial charge in [-0.1, -0.05) is 12.0 Å². The number of pyridine rings is 1. The monoisotopic (exact) mass is 965 g/mol. The summed E-state index contributed by atoms with van der Waals surface area (Å²) in [6.45, 7) is 9.54. The van der Waals surface area contributed by atoms with Crippen molar-refractivity contribution in [3.8, 4) is 35.4 Å². The molecule has 1 saturated carbocycles. The third kappa shape index (κ3) is 8.40. The third-order valence-electron chi connectivity index (χ3n) is 16.2. The molecular weight excluding hydrogens is 909 g/mol. The van der Waals surface area contributed by atoms with Gasteiger partial charge in [-0.15, -0.1) is 6.42 Å². The number of imidazole rings is 1. The number of benzene rings is 3. The number of hydrogen-bond acceptors (Lipinski definition) is 13. The van der Waals surface area contributed by atoms with Crippen LogP contribution >= 0.6 is 0 Å². The summed E-state index contributed by atoms with van der Waals surface area (Å²) in [4.78, 5) is 61.7. The number of nitrogens with one attached hydrogen (secondary N) is 2. The Morgan fingerprint density at radius 1 is 0.887 bits per heavy atom. The van der Waals surface area contributed by atoms with Crippen LogP contribution in [0, 0.1) is 35.3 Å². The summed E-state index contributed by atoms with van der Waals surface area (Å²) in [5.74, 6) is 1.34. The zero-order valence-corrected chi connectivity index (χ0v) is 39.8. The fourth-order valence-electron chi connectivity index (χ4n) is 12.1. The first-order chi connectivity index (χ1) is 34.4. The van der Waals surface area contributed by atoms with Crippen LogP contribution in [0.2, 0.25) is 0 Å². The Hall–Kier alpha value is -6.68. The van der Waals surface area contributed by atoms with Gasteiger partial charge in [0, 0.05) is 119 Å². The van der Waals surface area contributed by atoms with E-state index in [1.54, 1.807) is 17.8 Å². The van der Waals surface area contributed by atoms with Gasteiger partial charge < -0.3 is 34.8 Å². The second-order valence-corrected chi connectivity index (χ2v) is 20.9. The lowest BCUT2D eigenvalue weighted by molar-refractivity contribution is -0.135. The van der Waals surface area contributed by atoms with Gasteiger partial charge in [0.15, 0.2) is 5.82 Å². The van der Waals surface area contributed by atoms with Crippen LogP contribution in [0.3, 0.4) is 0 Å². The topological polar surface area (TPSA) is 166 Å². The summed E-state index contributed by atoms with van der Waals surface area (Å²) in [5, 5.41) is 17.9. The van der Waals surface area contributed by atoms with Gasteiger partial charge in [0.25, 0.3) is 0 Å². The van der Waals surface area contributed by atoms with Crippen LogP contribution < -0.4 is 30.9 Å². The van der Waals surface area contributed by atoms with Crippen molar-refractivity contribution in [2.75, 3.05) is 81.9 Å². The van der Waals surface area contributed by atoms with E-state index in [9.17, 15) is 19.5 Å². The number of aromatic hydroxyl groups is 1. The van der Waals surface area contributed by atoms with Crippen LogP contribution in [0.25, 0.3) is 44.0 Å². The molecule has 16 nitrogen and oxygen atoms in total. The molecule has 3 aromatic heterocycles. The number of aryl methyl sites for hydroxylation is 1. The van der Waals surface area contributed by atoms with Crippen LogP contribution in [0.5, 0.6) is 11.8 Å². The van der Waals surface area contributed by atoms with Crippen molar-refractivity contribution in [1.82, 2.24) is 44.5 Å². The molecule has 3 aromatic carbocycles. The highest BCUT2D eigenvalue weighted by atomic mass is 19.1. The lowest BCUT2D eigenvalue weighted by Crippen LogP contribution is -2.51. The predicted molar refractivity (Wildman–Crippen MR) is 266 cm³/mol. The average molecular weight is 966 g/mol. The number of imide groups is 1. The van der Waals surface area contributed by atoms with Crippen molar-refractivity contribution in [1.29, 1.82) is 0 Å². The molecule has 71 heavy (non-hydrogen) atoms. The number of ether oxygens (including phenoxy) is 1. The number of carbonyl (C=O) groups is 2. The highest BCUT2D eigenvalue weighted by Gasteiger charge is 2.46. The number of rotatable bonds is 11. The van der Waals surface area contributed by atoms with Crippen LogP contribution in [-0.2, 0) is 16.6 Å². The first-order valence-corrected chi connectivity index (χ1v) is 25.1. The normalized spacial score (nSPS) is 22.9. The number of nitrogens with zero attached hydrogens (tertiary/aromatic N) is 9. The molecular formula is C53H57F2N11O5. The smallest absolute Gasteiger partial charge is 0.329 e. The van der Waals surface area contributed by atoms with Crippen LogP contribution in [-0.4, -0.2) is 135 Å². The first-order valence-electron chi connectivity index (χ1n) is 25.1. The summed E-state index contributed by atoms with van der Waals surface area (Å²) in [7, 11) is 1.73. The summed E-state index contributed by atoms with van der Waals surface area (Å²) in [6, 6.07) is 11.6. The molecule has 2 amide bonds. The molecule has 6 aliphatic rings. The van der Waals surface area contributed by atoms with Gasteiger partial charge in [-0.2, -0.15) is 9.97 Å². The number of anilines is 2.